The number of nitrogens with one attached hydrogen (secondary N) is 2. The number of anilines is 2. The van der Waals surface area contributed by atoms with Crippen molar-refractivity contribution >= 4 is 29.2 Å². The van der Waals surface area contributed by atoms with E-state index in [-0.39, 0.29) is 36.0 Å². The van der Waals surface area contributed by atoms with Crippen LogP contribution in [0.5, 0.6) is 0 Å². The van der Waals surface area contributed by atoms with Gasteiger partial charge < -0.3 is 10.4 Å². The van der Waals surface area contributed by atoms with Gasteiger partial charge in [0.15, 0.2) is 5.82 Å². The first kappa shape index (κ1) is 26.0. The van der Waals surface area contributed by atoms with Crippen LogP contribution in [0.3, 0.4) is 0 Å². The van der Waals surface area contributed by atoms with Crippen molar-refractivity contribution in [3.8, 4) is 0 Å². The molecule has 7 nitrogen and oxygen atoms in total. The highest BCUT2D eigenvalue weighted by Gasteiger charge is 2.45. The third kappa shape index (κ3) is 5.08. The first-order valence-electron chi connectivity index (χ1n) is 11.9. The Labute approximate surface area is 213 Å². The molecular formula is C26H30ClF2N5O2. The highest BCUT2D eigenvalue weighted by Crippen LogP contribution is 2.40. The lowest BCUT2D eigenvalue weighted by Crippen LogP contribution is -2.50. The minimum absolute atomic E-state index is 0.0483. The van der Waals surface area contributed by atoms with Crippen LogP contribution >= 0.6 is 11.6 Å². The number of H-pyrrole nitrogens is 1. The maximum atomic E-state index is 15.3. The number of nitrogens with zero attached hydrogens (tertiary/aromatic N) is 3. The van der Waals surface area contributed by atoms with E-state index in [1.807, 2.05) is 18.7 Å². The number of pyridine rings is 1. The molecule has 3 N–H and O–H groups in total. The van der Waals surface area contributed by atoms with Crippen molar-refractivity contribution in [2.24, 2.45) is 5.41 Å². The number of hydrogen-bond acceptors (Lipinski definition) is 5. The molecule has 0 spiro atoms. The summed E-state index contributed by atoms with van der Waals surface area (Å²) in [6, 6.07) is 6.50. The van der Waals surface area contributed by atoms with E-state index < -0.39 is 23.0 Å². The largest absolute Gasteiger partial charge is 0.481 e. The second-order valence-corrected chi connectivity index (χ2v) is 10.2. The average Bonchev–Trinajstić information content (AvgIpc) is 3.24. The Morgan fingerprint density at radius 3 is 2.67 bits per heavy atom. The van der Waals surface area contributed by atoms with Gasteiger partial charge in [0.05, 0.1) is 16.1 Å². The zero-order chi connectivity index (χ0) is 26.2. The van der Waals surface area contributed by atoms with Crippen molar-refractivity contribution in [3.63, 3.8) is 0 Å². The van der Waals surface area contributed by atoms with Gasteiger partial charge in [-0.05, 0) is 64.3 Å². The smallest absolute Gasteiger partial charge is 0.310 e. The molecule has 4 rings (SSSR count). The maximum Gasteiger partial charge on any atom is 0.310 e. The summed E-state index contributed by atoms with van der Waals surface area (Å²) in [5.41, 5.74) is 1.28. The van der Waals surface area contributed by atoms with Crippen LogP contribution in [0, 0.1) is 37.8 Å². The predicted molar refractivity (Wildman–Crippen MR) is 135 cm³/mol. The normalized spacial score (nSPS) is 20.5. The lowest BCUT2D eigenvalue weighted by Gasteiger charge is -2.43. The van der Waals surface area contributed by atoms with Gasteiger partial charge in [0.2, 0.25) is 0 Å². The molecule has 10 heteroatoms. The summed E-state index contributed by atoms with van der Waals surface area (Å²) < 4.78 is 29.8. The Bertz CT molecular complexity index is 1300. The summed E-state index contributed by atoms with van der Waals surface area (Å²) >= 11 is 5.92. The molecule has 0 saturated carbocycles. The number of rotatable bonds is 7. The van der Waals surface area contributed by atoms with Gasteiger partial charge in [0.25, 0.3) is 0 Å². The molecule has 0 aliphatic carbocycles. The number of carbonyl (C=O) groups is 1. The van der Waals surface area contributed by atoms with Crippen LogP contribution in [0.4, 0.5) is 20.4 Å². The summed E-state index contributed by atoms with van der Waals surface area (Å²) in [7, 11) is 0. The SMILES string of the molecule is Cc1cc(Nc2nc(C[C@@]3(C(=O)O)CCN(Cc4cccc(Cl)c4F)[C@H](C)C3)c(F)c(C)c2C)n[nH]1. The van der Waals surface area contributed by atoms with Crippen molar-refractivity contribution in [1.82, 2.24) is 20.1 Å². The Balaban J connectivity index is 1.58. The number of aliphatic carboxylic acids is 1. The number of carboxylic acids is 1. The Morgan fingerprint density at radius 1 is 1.28 bits per heavy atom. The number of benzene rings is 1. The molecule has 0 bridgehead atoms. The van der Waals surface area contributed by atoms with E-state index in [0.29, 0.717) is 41.4 Å². The summed E-state index contributed by atoms with van der Waals surface area (Å²) in [4.78, 5) is 19.1. The van der Waals surface area contributed by atoms with E-state index in [1.54, 1.807) is 32.0 Å². The fourth-order valence-corrected chi connectivity index (χ4v) is 5.11. The maximum absolute atomic E-state index is 15.3. The predicted octanol–water partition coefficient (Wildman–Crippen LogP) is 5.70. The van der Waals surface area contributed by atoms with E-state index >= 15 is 4.39 Å². The van der Waals surface area contributed by atoms with Gasteiger partial charge in [-0.1, -0.05) is 23.7 Å². The number of likely N-dealkylation sites (tertiary alicyclic amines) is 1. The molecule has 2 aromatic heterocycles. The third-order valence-corrected chi connectivity index (χ3v) is 7.54. The molecule has 0 radical (unpaired) electrons. The van der Waals surface area contributed by atoms with Crippen molar-refractivity contribution < 1.29 is 18.7 Å². The fraction of sp³-hybridized carbons (Fsp3) is 0.423. The Kier molecular flexibility index (Phi) is 7.33. The van der Waals surface area contributed by atoms with Gasteiger partial charge in [0, 0.05) is 36.3 Å². The molecule has 3 aromatic rings. The molecule has 2 atom stereocenters. The molecule has 1 fully saturated rings. The molecule has 1 aliphatic heterocycles. The van der Waals surface area contributed by atoms with Gasteiger partial charge in [0.1, 0.15) is 17.5 Å². The topological polar surface area (TPSA) is 94.1 Å². The van der Waals surface area contributed by atoms with Crippen LogP contribution in [0.25, 0.3) is 0 Å². The van der Waals surface area contributed by atoms with E-state index in [1.165, 1.54) is 6.07 Å². The summed E-state index contributed by atoms with van der Waals surface area (Å²) in [5, 5.41) is 20.4. The zero-order valence-corrected chi connectivity index (χ0v) is 21.5. The van der Waals surface area contributed by atoms with Gasteiger partial charge in [-0.25, -0.2) is 13.8 Å². The molecule has 36 heavy (non-hydrogen) atoms. The van der Waals surface area contributed by atoms with E-state index in [0.717, 1.165) is 5.69 Å². The van der Waals surface area contributed by atoms with Crippen LogP contribution in [0.15, 0.2) is 24.3 Å². The molecule has 1 aromatic carbocycles. The lowest BCUT2D eigenvalue weighted by molar-refractivity contribution is -0.153. The van der Waals surface area contributed by atoms with Crippen LogP contribution in [0.2, 0.25) is 5.02 Å². The fourth-order valence-electron chi connectivity index (χ4n) is 4.92. The number of halogens is 3. The zero-order valence-electron chi connectivity index (χ0n) is 20.8. The second kappa shape index (κ2) is 10.1. The summed E-state index contributed by atoms with van der Waals surface area (Å²) in [5.74, 6) is -0.955. The first-order chi connectivity index (χ1) is 17.0. The number of carboxylic acid groups (broad SMARTS) is 1. The molecule has 0 amide bonds. The standard InChI is InChI=1S/C26H30ClF2N5O2/c1-14-10-21(33-32-14)31-24-17(4)16(3)22(28)20(30-24)12-26(25(35)36)8-9-34(15(2)11-26)13-18-6-5-7-19(27)23(18)29/h5-7,10,15H,8-9,11-13H2,1-4H3,(H,35,36)(H2,30,31,32,33)/t15-,26-/m1/s1. The minimum atomic E-state index is -1.20. The molecule has 1 aliphatic rings. The van der Waals surface area contributed by atoms with Gasteiger partial charge in [-0.15, -0.1) is 0 Å². The van der Waals surface area contributed by atoms with Crippen LogP contribution in [0.1, 0.15) is 47.8 Å². The molecule has 1 saturated heterocycles. The van der Waals surface area contributed by atoms with Gasteiger partial charge in [-0.2, -0.15) is 5.10 Å². The van der Waals surface area contributed by atoms with Crippen molar-refractivity contribution in [3.05, 3.63) is 69.0 Å². The first-order valence-corrected chi connectivity index (χ1v) is 12.2. The van der Waals surface area contributed by atoms with Crippen molar-refractivity contribution in [2.75, 3.05) is 11.9 Å². The summed E-state index contributed by atoms with van der Waals surface area (Å²) in [6.07, 6.45) is 0.511. The lowest BCUT2D eigenvalue weighted by atomic mass is 9.72. The second-order valence-electron chi connectivity index (χ2n) is 9.78. The monoisotopic (exact) mass is 517 g/mol. The third-order valence-electron chi connectivity index (χ3n) is 7.25. The average molecular weight is 518 g/mol. The minimum Gasteiger partial charge on any atom is -0.481 e. The van der Waals surface area contributed by atoms with E-state index in [2.05, 4.69) is 20.5 Å². The van der Waals surface area contributed by atoms with Crippen LogP contribution in [-0.4, -0.2) is 43.7 Å². The number of hydrogen-bond donors (Lipinski definition) is 3. The molecular weight excluding hydrogens is 488 g/mol. The Hall–Kier alpha value is -3.04. The van der Waals surface area contributed by atoms with E-state index in [9.17, 15) is 14.3 Å². The number of piperidine rings is 1. The molecule has 3 heterocycles. The Morgan fingerprint density at radius 2 is 2.03 bits per heavy atom. The number of aromatic amines is 1. The van der Waals surface area contributed by atoms with Crippen molar-refractivity contribution in [1.29, 1.82) is 0 Å². The van der Waals surface area contributed by atoms with Crippen molar-refractivity contribution in [2.45, 2.75) is 59.5 Å². The highest BCUT2D eigenvalue weighted by molar-refractivity contribution is 6.30. The summed E-state index contributed by atoms with van der Waals surface area (Å²) in [6.45, 7) is 7.94. The molecule has 0 unspecified atom stereocenters. The van der Waals surface area contributed by atoms with Gasteiger partial charge >= 0.3 is 5.97 Å². The van der Waals surface area contributed by atoms with Gasteiger partial charge in [-0.3, -0.25) is 14.8 Å². The highest BCUT2D eigenvalue weighted by atomic mass is 35.5. The van der Waals surface area contributed by atoms with Crippen LogP contribution < -0.4 is 5.32 Å². The number of aromatic nitrogens is 3. The molecule has 192 valence electrons. The number of aryl methyl sites for hydroxylation is 1. The quantitative estimate of drug-likeness (QED) is 0.372. The van der Waals surface area contributed by atoms with E-state index in [4.69, 9.17) is 11.6 Å². The van der Waals surface area contributed by atoms with Crippen LogP contribution in [-0.2, 0) is 17.8 Å².